The van der Waals surface area contributed by atoms with E-state index < -0.39 is 5.92 Å². The van der Waals surface area contributed by atoms with Gasteiger partial charge in [-0.25, -0.2) is 4.68 Å². The Morgan fingerprint density at radius 1 is 0.425 bits per heavy atom. The molecule has 1 fully saturated rings. The van der Waals surface area contributed by atoms with Gasteiger partial charge in [0.05, 0.1) is 50.4 Å². The van der Waals surface area contributed by atoms with Crippen molar-refractivity contribution in [2.45, 2.75) is 91.9 Å². The van der Waals surface area contributed by atoms with Crippen molar-refractivity contribution in [2.75, 3.05) is 4.90 Å². The van der Waals surface area contributed by atoms with Crippen molar-refractivity contribution < 1.29 is 0 Å². The van der Waals surface area contributed by atoms with Crippen LogP contribution in [0.15, 0.2) is 175 Å². The Bertz CT molecular complexity index is 3730. The zero-order valence-electron chi connectivity index (χ0n) is 43.2. The van der Waals surface area contributed by atoms with Gasteiger partial charge in [-0.2, -0.15) is 5.10 Å². The van der Waals surface area contributed by atoms with Crippen LogP contribution in [0.2, 0.25) is 0 Å². The summed E-state index contributed by atoms with van der Waals surface area (Å²) in [7, 11) is 0. The van der Waals surface area contributed by atoms with E-state index in [0.29, 0.717) is 24.0 Å². The van der Waals surface area contributed by atoms with Gasteiger partial charge >= 0.3 is 0 Å². The van der Waals surface area contributed by atoms with Gasteiger partial charge < -0.3 is 14.5 Å². The first-order valence-electron chi connectivity index (χ1n) is 26.3. The maximum absolute atomic E-state index is 10.0. The van der Waals surface area contributed by atoms with Gasteiger partial charge in [-0.05, 0) is 125 Å². The van der Waals surface area contributed by atoms with Crippen molar-refractivity contribution in [3.05, 3.63) is 198 Å². The monoisotopic (exact) mass is 954 g/mol. The van der Waals surface area contributed by atoms with E-state index in [4.69, 9.17) is 5.10 Å². The van der Waals surface area contributed by atoms with Gasteiger partial charge in [-0.3, -0.25) is 10.3 Å². The van der Waals surface area contributed by atoms with Crippen LogP contribution < -0.4 is 4.90 Å². The smallest absolute Gasteiger partial charge is 0.152 e. The normalized spacial score (nSPS) is 15.1. The van der Waals surface area contributed by atoms with Crippen molar-refractivity contribution in [3.8, 4) is 11.4 Å². The highest BCUT2D eigenvalue weighted by Crippen LogP contribution is 2.43. The predicted octanol–water partition coefficient (Wildman–Crippen LogP) is 17.4. The molecule has 0 bridgehead atoms. The number of benzene rings is 8. The highest BCUT2D eigenvalue weighted by atomic mass is 15.4. The summed E-state index contributed by atoms with van der Waals surface area (Å²) in [6, 6.07) is 61.7. The molecule has 7 nitrogen and oxygen atoms in total. The maximum Gasteiger partial charge on any atom is 0.152 e. The van der Waals surface area contributed by atoms with Crippen LogP contribution in [0.1, 0.15) is 113 Å². The molecule has 4 heterocycles. The first-order valence-corrected chi connectivity index (χ1v) is 26.3. The van der Waals surface area contributed by atoms with Crippen LogP contribution in [0, 0.1) is 16.7 Å². The SMILES string of the molecule is CC(C)c1cccc(C(C)C)c1CCC1C(=N)C(=N)N(c2c(C(C)C)cccc2C(C)C)/C1=N\n1c2ccc(-n3c4ccccc4c4ccccc43)cc2c2cc(-n3c4ccccc4c4ccccc43)ccc21. The summed E-state index contributed by atoms with van der Waals surface area (Å²) in [5, 5.41) is 32.9. The fourth-order valence-electron chi connectivity index (χ4n) is 12.2. The Morgan fingerprint density at radius 3 is 1.21 bits per heavy atom. The second-order valence-corrected chi connectivity index (χ2v) is 21.4. The second-order valence-electron chi connectivity index (χ2n) is 21.4. The molecule has 0 aliphatic carbocycles. The Hall–Kier alpha value is -8.03. The summed E-state index contributed by atoms with van der Waals surface area (Å²) in [6.07, 6.45) is 1.42. The van der Waals surface area contributed by atoms with Crippen LogP contribution >= 0.6 is 0 Å². The third-order valence-corrected chi connectivity index (χ3v) is 15.7. The van der Waals surface area contributed by atoms with Gasteiger partial charge in [0.1, 0.15) is 5.84 Å². The van der Waals surface area contributed by atoms with Crippen molar-refractivity contribution in [3.63, 3.8) is 0 Å². The standard InChI is InChI=1S/C66H63N7/c1-39(2)45-23-17-24-46(40(3)4)49(45)33-34-54-63(67)65(68)72(64-47(41(5)6)25-18-26-48(64)42(7)8)66(54)69-73-61-35-31-43(70-57-27-13-9-19-50(57)51-20-10-14-28-58(51)70)37-55(61)56-38-44(32-36-62(56)73)71-59-29-15-11-21-52(59)53-22-12-16-30-60(53)71/h9-32,35-42,54,67-68H,33-34H2,1-8H3/b67-63?,68-65?,69-66-. The second kappa shape index (κ2) is 17.9. The molecule has 1 saturated heterocycles. The van der Waals surface area contributed by atoms with Gasteiger partial charge in [0.25, 0.3) is 0 Å². The zero-order chi connectivity index (χ0) is 50.4. The van der Waals surface area contributed by atoms with E-state index in [2.05, 4.69) is 244 Å². The Labute approximate surface area is 428 Å². The van der Waals surface area contributed by atoms with Crippen LogP contribution in [0.4, 0.5) is 5.69 Å². The maximum atomic E-state index is 10.0. The number of hydrogen-bond acceptors (Lipinski definition) is 3. The number of aromatic nitrogens is 3. The number of para-hydroxylation sites is 5. The minimum absolute atomic E-state index is 0.175. The van der Waals surface area contributed by atoms with Crippen LogP contribution in [-0.2, 0) is 6.42 Å². The van der Waals surface area contributed by atoms with Crippen molar-refractivity contribution >= 4 is 88.5 Å². The predicted molar refractivity (Wildman–Crippen MR) is 310 cm³/mol. The number of anilines is 1. The van der Waals surface area contributed by atoms with Gasteiger partial charge in [-0.15, -0.1) is 0 Å². The van der Waals surface area contributed by atoms with Crippen LogP contribution in [-0.4, -0.2) is 31.2 Å². The molecule has 1 aliphatic rings. The first kappa shape index (κ1) is 46.1. The molecule has 2 N–H and O–H groups in total. The number of fused-ring (bicyclic) bond motifs is 9. The molecule has 8 aromatic carbocycles. The van der Waals surface area contributed by atoms with Crippen LogP contribution in [0.3, 0.4) is 0 Å². The lowest BCUT2D eigenvalue weighted by Gasteiger charge is -2.28. The van der Waals surface area contributed by atoms with Gasteiger partial charge in [-0.1, -0.05) is 165 Å². The van der Waals surface area contributed by atoms with E-state index in [-0.39, 0.29) is 17.7 Å². The lowest BCUT2D eigenvalue weighted by atomic mass is 9.84. The summed E-state index contributed by atoms with van der Waals surface area (Å²) in [4.78, 5) is 2.06. The van der Waals surface area contributed by atoms with E-state index in [1.165, 1.54) is 38.2 Å². The van der Waals surface area contributed by atoms with Gasteiger partial charge in [0.2, 0.25) is 0 Å². The molecule has 0 spiro atoms. The average molecular weight is 954 g/mol. The Balaban J connectivity index is 1.14. The molecule has 11 aromatic rings. The number of nitrogens with one attached hydrogen (secondary N) is 2. The lowest BCUT2D eigenvalue weighted by molar-refractivity contribution is 0.724. The van der Waals surface area contributed by atoms with E-state index in [1.54, 1.807) is 0 Å². The molecule has 0 amide bonds. The third-order valence-electron chi connectivity index (χ3n) is 15.7. The fraction of sp³-hybridized carbons (Fsp3) is 0.227. The van der Waals surface area contributed by atoms with Gasteiger partial charge in [0, 0.05) is 43.7 Å². The number of hydrogen-bond donors (Lipinski definition) is 2. The summed E-state index contributed by atoms with van der Waals surface area (Å²) >= 11 is 0. The van der Waals surface area contributed by atoms with E-state index in [1.807, 2.05) is 0 Å². The van der Waals surface area contributed by atoms with Crippen molar-refractivity contribution in [1.82, 2.24) is 13.8 Å². The average Bonchev–Trinajstić information content (AvgIpc) is 4.09. The molecule has 1 unspecified atom stereocenters. The quantitative estimate of drug-likeness (QED) is 0.133. The Kier molecular flexibility index (Phi) is 11.3. The molecule has 73 heavy (non-hydrogen) atoms. The molecular weight excluding hydrogens is 891 g/mol. The van der Waals surface area contributed by atoms with Gasteiger partial charge in [0.15, 0.2) is 5.84 Å². The van der Waals surface area contributed by atoms with Crippen LogP contribution in [0.25, 0.3) is 76.8 Å². The molecular formula is C66H63N7. The molecule has 3 aromatic heterocycles. The summed E-state index contributed by atoms with van der Waals surface area (Å²) in [6.45, 7) is 18.0. The lowest BCUT2D eigenvalue weighted by Crippen LogP contribution is -2.34. The molecule has 362 valence electrons. The molecule has 12 rings (SSSR count). The van der Waals surface area contributed by atoms with Crippen molar-refractivity contribution in [1.29, 1.82) is 10.8 Å². The number of rotatable bonds is 11. The summed E-state index contributed by atoms with van der Waals surface area (Å²) in [5.41, 5.74) is 16.4. The number of amidine groups is 2. The minimum atomic E-state index is -0.436. The fourth-order valence-corrected chi connectivity index (χ4v) is 12.2. The zero-order valence-corrected chi connectivity index (χ0v) is 43.2. The topological polar surface area (TPSA) is 78.1 Å². The first-order chi connectivity index (χ1) is 35.4. The van der Waals surface area contributed by atoms with Crippen LogP contribution in [0.5, 0.6) is 0 Å². The van der Waals surface area contributed by atoms with Crippen molar-refractivity contribution in [2.24, 2.45) is 11.0 Å². The Morgan fingerprint density at radius 2 is 0.808 bits per heavy atom. The summed E-state index contributed by atoms with van der Waals surface area (Å²) in [5.74, 6) is 1.53. The molecule has 0 radical (unpaired) electrons. The molecule has 1 atom stereocenters. The molecule has 1 aliphatic heterocycles. The minimum Gasteiger partial charge on any atom is -0.309 e. The summed E-state index contributed by atoms with van der Waals surface area (Å²) < 4.78 is 6.92. The third kappa shape index (κ3) is 7.34. The molecule has 7 heteroatoms. The molecule has 0 saturated carbocycles. The van der Waals surface area contributed by atoms with E-state index >= 15 is 0 Å². The largest absolute Gasteiger partial charge is 0.309 e. The highest BCUT2D eigenvalue weighted by Gasteiger charge is 2.43. The number of nitrogens with zero attached hydrogens (tertiary/aromatic N) is 5. The van der Waals surface area contributed by atoms with E-state index in [0.717, 1.165) is 84.3 Å². The highest BCUT2D eigenvalue weighted by molar-refractivity contribution is 6.58. The van der Waals surface area contributed by atoms with E-state index in [9.17, 15) is 10.8 Å².